The highest BCUT2D eigenvalue weighted by molar-refractivity contribution is 7.90. The van der Waals surface area contributed by atoms with E-state index in [9.17, 15) is 23.1 Å². The summed E-state index contributed by atoms with van der Waals surface area (Å²) in [6.45, 7) is 2.26. The minimum absolute atomic E-state index is 0.0423. The van der Waals surface area contributed by atoms with E-state index in [2.05, 4.69) is 0 Å². The number of pyridine rings is 1. The van der Waals surface area contributed by atoms with Crippen LogP contribution in [0.5, 0.6) is 11.5 Å². The van der Waals surface area contributed by atoms with Crippen LogP contribution < -0.4 is 14.9 Å². The van der Waals surface area contributed by atoms with Crippen LogP contribution in [0.1, 0.15) is 48.1 Å². The van der Waals surface area contributed by atoms with Gasteiger partial charge in [-0.15, -0.1) is 0 Å². The smallest absolute Gasteiger partial charge is 0.341 e. The van der Waals surface area contributed by atoms with E-state index in [1.54, 1.807) is 6.07 Å². The van der Waals surface area contributed by atoms with Gasteiger partial charge in [-0.25, -0.2) is 13.2 Å². The summed E-state index contributed by atoms with van der Waals surface area (Å²) in [5, 5.41) is 9.38. The summed E-state index contributed by atoms with van der Waals surface area (Å²) in [4.78, 5) is 23.9. The Labute approximate surface area is 181 Å². The van der Waals surface area contributed by atoms with Gasteiger partial charge in [0.05, 0.1) is 25.2 Å². The molecule has 1 atom stereocenters. The van der Waals surface area contributed by atoms with Crippen molar-refractivity contribution in [3.05, 3.63) is 45.7 Å². The molecule has 0 radical (unpaired) electrons. The van der Waals surface area contributed by atoms with Crippen LogP contribution in [0.3, 0.4) is 0 Å². The van der Waals surface area contributed by atoms with E-state index >= 15 is 0 Å². The highest BCUT2D eigenvalue weighted by atomic mass is 32.2. The molecule has 9 heteroatoms. The van der Waals surface area contributed by atoms with E-state index in [1.807, 2.05) is 17.6 Å². The summed E-state index contributed by atoms with van der Waals surface area (Å²) >= 11 is 0. The number of carbonyl (C=O) groups is 1. The summed E-state index contributed by atoms with van der Waals surface area (Å²) in [5.74, 6) is -0.217. The number of hydrogen-bond acceptors (Lipinski definition) is 6. The van der Waals surface area contributed by atoms with E-state index in [-0.39, 0.29) is 24.0 Å². The predicted molar refractivity (Wildman–Crippen MR) is 117 cm³/mol. The molecule has 0 amide bonds. The number of ether oxygens (including phenoxy) is 2. The Morgan fingerprint density at radius 2 is 2.00 bits per heavy atom. The second-order valence-corrected chi connectivity index (χ2v) is 10.0. The lowest BCUT2D eigenvalue weighted by atomic mass is 9.99. The number of methoxy groups -OCH3 is 1. The van der Waals surface area contributed by atoms with Crippen molar-refractivity contribution in [1.82, 2.24) is 4.57 Å². The second kappa shape index (κ2) is 9.13. The molecular weight excluding hydrogens is 422 g/mol. The van der Waals surface area contributed by atoms with E-state index < -0.39 is 21.2 Å². The largest absolute Gasteiger partial charge is 0.493 e. The molecule has 1 N–H and O–H groups in total. The summed E-state index contributed by atoms with van der Waals surface area (Å²) < 4.78 is 35.8. The molecule has 1 aromatic heterocycles. The summed E-state index contributed by atoms with van der Waals surface area (Å²) in [6.07, 6.45) is 5.27. The lowest BCUT2D eigenvalue weighted by Crippen LogP contribution is -2.20. The SMILES string of the molecule is CCC1CCc2cc(OCCCS(C)(=O)=O)c(OC)cc2-c2cc(=O)c(C(=O)O)cn21. The molecule has 1 unspecified atom stereocenters. The number of fused-ring (bicyclic) bond motifs is 3. The molecule has 0 spiro atoms. The van der Waals surface area contributed by atoms with Gasteiger partial charge in [-0.3, -0.25) is 4.79 Å². The van der Waals surface area contributed by atoms with Crippen molar-refractivity contribution in [3.63, 3.8) is 0 Å². The fourth-order valence-electron chi connectivity index (χ4n) is 3.91. The minimum atomic E-state index is -3.06. The maximum atomic E-state index is 12.4. The van der Waals surface area contributed by atoms with Gasteiger partial charge in [0.25, 0.3) is 0 Å². The normalized spacial score (nSPS) is 15.5. The zero-order chi connectivity index (χ0) is 22.8. The number of aryl methyl sites for hydroxylation is 1. The van der Waals surface area contributed by atoms with Crippen molar-refractivity contribution in [2.24, 2.45) is 0 Å². The number of carboxylic acid groups (broad SMARTS) is 1. The third kappa shape index (κ3) is 5.10. The Morgan fingerprint density at radius 1 is 1.26 bits per heavy atom. The molecule has 1 aliphatic heterocycles. The Morgan fingerprint density at radius 3 is 2.61 bits per heavy atom. The van der Waals surface area contributed by atoms with Crippen molar-refractivity contribution in [3.8, 4) is 22.8 Å². The quantitative estimate of drug-likeness (QED) is 0.617. The van der Waals surface area contributed by atoms with E-state index in [4.69, 9.17) is 9.47 Å². The number of carboxylic acids is 1. The van der Waals surface area contributed by atoms with Crippen molar-refractivity contribution < 1.29 is 27.8 Å². The van der Waals surface area contributed by atoms with Gasteiger partial charge in [-0.2, -0.15) is 0 Å². The van der Waals surface area contributed by atoms with Crippen LogP contribution in [-0.4, -0.2) is 49.8 Å². The van der Waals surface area contributed by atoms with Crippen LogP contribution in [0.4, 0.5) is 0 Å². The fourth-order valence-corrected chi connectivity index (χ4v) is 4.56. The van der Waals surface area contributed by atoms with Crippen LogP contribution in [0.15, 0.2) is 29.2 Å². The first-order chi connectivity index (χ1) is 14.6. The molecule has 3 rings (SSSR count). The number of aromatic carboxylic acids is 1. The first-order valence-electron chi connectivity index (χ1n) is 10.2. The first-order valence-corrected chi connectivity index (χ1v) is 12.2. The Hall–Kier alpha value is -2.81. The standard InChI is InChI=1S/C22H27NO7S/c1-4-15-7-6-14-10-21(30-8-5-9-31(3,27)28)20(29-2)11-16(14)18-12-19(24)17(22(25)26)13-23(15)18/h10-13,15H,4-9H2,1-3H3,(H,25,26). The summed E-state index contributed by atoms with van der Waals surface area (Å²) in [7, 11) is -1.54. The topological polar surface area (TPSA) is 112 Å². The number of hydrogen-bond donors (Lipinski definition) is 1. The number of rotatable bonds is 8. The van der Waals surface area contributed by atoms with Gasteiger partial charge >= 0.3 is 5.97 Å². The lowest BCUT2D eigenvalue weighted by Gasteiger charge is -2.21. The highest BCUT2D eigenvalue weighted by Crippen LogP contribution is 2.40. The zero-order valence-electron chi connectivity index (χ0n) is 17.9. The lowest BCUT2D eigenvalue weighted by molar-refractivity contribution is 0.0694. The minimum Gasteiger partial charge on any atom is -0.493 e. The second-order valence-electron chi connectivity index (χ2n) is 7.74. The van der Waals surface area contributed by atoms with Gasteiger partial charge in [0.1, 0.15) is 15.4 Å². The molecule has 1 aromatic carbocycles. The van der Waals surface area contributed by atoms with Gasteiger partial charge < -0.3 is 19.1 Å². The van der Waals surface area contributed by atoms with Crippen molar-refractivity contribution in [2.45, 2.75) is 38.6 Å². The van der Waals surface area contributed by atoms with Crippen LogP contribution in [0, 0.1) is 0 Å². The van der Waals surface area contributed by atoms with Crippen LogP contribution in [-0.2, 0) is 16.3 Å². The first kappa shape index (κ1) is 22.9. The van der Waals surface area contributed by atoms with Gasteiger partial charge in [-0.1, -0.05) is 6.92 Å². The molecule has 0 bridgehead atoms. The zero-order valence-corrected chi connectivity index (χ0v) is 18.7. The van der Waals surface area contributed by atoms with Crippen molar-refractivity contribution in [2.75, 3.05) is 25.7 Å². The average molecular weight is 450 g/mol. The number of aromatic nitrogens is 1. The van der Waals surface area contributed by atoms with Crippen LogP contribution >= 0.6 is 0 Å². The molecule has 0 saturated heterocycles. The average Bonchev–Trinajstić information content (AvgIpc) is 2.85. The molecular formula is C22H27NO7S. The molecule has 0 aliphatic carbocycles. The molecule has 1 aliphatic rings. The van der Waals surface area contributed by atoms with Crippen molar-refractivity contribution in [1.29, 1.82) is 0 Å². The van der Waals surface area contributed by atoms with E-state index in [0.717, 1.165) is 30.4 Å². The van der Waals surface area contributed by atoms with E-state index in [1.165, 1.54) is 25.6 Å². The molecule has 31 heavy (non-hydrogen) atoms. The van der Waals surface area contributed by atoms with Crippen LogP contribution in [0.25, 0.3) is 11.3 Å². The number of sulfone groups is 1. The van der Waals surface area contributed by atoms with Gasteiger partial charge in [-0.05, 0) is 43.4 Å². The Bertz CT molecular complexity index is 1150. The third-order valence-corrected chi connectivity index (χ3v) is 6.53. The Kier molecular flexibility index (Phi) is 6.74. The summed E-state index contributed by atoms with van der Waals surface area (Å²) in [6, 6.07) is 5.09. The molecule has 2 heterocycles. The molecule has 0 fully saturated rings. The maximum absolute atomic E-state index is 12.4. The van der Waals surface area contributed by atoms with Gasteiger partial charge in [0.15, 0.2) is 16.9 Å². The monoisotopic (exact) mass is 449 g/mol. The molecule has 168 valence electrons. The number of benzene rings is 1. The number of nitrogens with zero attached hydrogens (tertiary/aromatic N) is 1. The Balaban J connectivity index is 2.04. The maximum Gasteiger partial charge on any atom is 0.341 e. The molecule has 0 saturated carbocycles. The highest BCUT2D eigenvalue weighted by Gasteiger charge is 2.25. The summed E-state index contributed by atoms with van der Waals surface area (Å²) in [5.41, 5.74) is 1.62. The van der Waals surface area contributed by atoms with Gasteiger partial charge in [0, 0.05) is 30.1 Å². The predicted octanol–water partition coefficient (Wildman–Crippen LogP) is 2.93. The fraction of sp³-hybridized carbons (Fsp3) is 0.455. The van der Waals surface area contributed by atoms with E-state index in [0.29, 0.717) is 23.6 Å². The third-order valence-electron chi connectivity index (χ3n) is 5.50. The molecule has 8 nitrogen and oxygen atoms in total. The van der Waals surface area contributed by atoms with Crippen LogP contribution in [0.2, 0.25) is 0 Å². The molecule has 2 aromatic rings. The van der Waals surface area contributed by atoms with Gasteiger partial charge in [0.2, 0.25) is 0 Å². The van der Waals surface area contributed by atoms with Crippen molar-refractivity contribution >= 4 is 15.8 Å².